The summed E-state index contributed by atoms with van der Waals surface area (Å²) in [6, 6.07) is 8.17. The van der Waals surface area contributed by atoms with Gasteiger partial charge in [-0.3, -0.25) is 4.55 Å². The van der Waals surface area contributed by atoms with Gasteiger partial charge in [0.2, 0.25) is 11.3 Å². The smallest absolute Gasteiger partial charge is 0.231 e. The van der Waals surface area contributed by atoms with Crippen molar-refractivity contribution >= 4 is 23.0 Å². The largest absolute Gasteiger partial charge is 0.294 e. The highest BCUT2D eigenvalue weighted by molar-refractivity contribution is 7.98. The van der Waals surface area contributed by atoms with Crippen LogP contribution in [0.15, 0.2) is 29.2 Å². The molecule has 1 unspecified atom stereocenters. The first-order chi connectivity index (χ1) is 6.72. The van der Waals surface area contributed by atoms with Crippen LogP contribution in [0.1, 0.15) is 5.56 Å². The Bertz CT molecular complexity index is 300. The Balaban J connectivity index is 2.40. The first-order valence-electron chi connectivity index (χ1n) is 4.19. The molecule has 1 rings (SSSR count). The SMILES string of the molecule is CSc1ccc(CCNS(=O)O)cc1. The van der Waals surface area contributed by atoms with Gasteiger partial charge < -0.3 is 0 Å². The number of thioether (sulfide) groups is 1. The zero-order valence-corrected chi connectivity index (χ0v) is 9.53. The minimum atomic E-state index is -1.90. The molecule has 1 aromatic carbocycles. The van der Waals surface area contributed by atoms with E-state index >= 15 is 0 Å². The summed E-state index contributed by atoms with van der Waals surface area (Å²) < 4.78 is 21.2. The Hall–Kier alpha value is -0.360. The van der Waals surface area contributed by atoms with E-state index in [9.17, 15) is 4.21 Å². The van der Waals surface area contributed by atoms with Gasteiger partial charge in [0, 0.05) is 11.4 Å². The van der Waals surface area contributed by atoms with Crippen molar-refractivity contribution in [2.75, 3.05) is 12.8 Å². The minimum Gasteiger partial charge on any atom is -0.294 e. The van der Waals surface area contributed by atoms with E-state index in [1.807, 2.05) is 18.4 Å². The lowest BCUT2D eigenvalue weighted by atomic mass is 10.2. The number of nitrogens with one attached hydrogen (secondary N) is 1. The van der Waals surface area contributed by atoms with Crippen LogP contribution in [-0.4, -0.2) is 21.6 Å². The van der Waals surface area contributed by atoms with Crippen LogP contribution in [0, 0.1) is 0 Å². The molecular weight excluding hydrogens is 218 g/mol. The monoisotopic (exact) mass is 231 g/mol. The maximum absolute atomic E-state index is 10.3. The molecule has 0 spiro atoms. The summed E-state index contributed by atoms with van der Waals surface area (Å²) in [7, 11) is 0. The second-order valence-corrected chi connectivity index (χ2v) is 4.41. The van der Waals surface area contributed by atoms with Crippen molar-refractivity contribution in [1.29, 1.82) is 0 Å². The van der Waals surface area contributed by atoms with Crippen LogP contribution in [0.2, 0.25) is 0 Å². The average molecular weight is 231 g/mol. The summed E-state index contributed by atoms with van der Waals surface area (Å²) in [6.07, 6.45) is 2.80. The van der Waals surface area contributed by atoms with E-state index in [0.29, 0.717) is 6.54 Å². The van der Waals surface area contributed by atoms with E-state index in [1.54, 1.807) is 11.8 Å². The first kappa shape index (κ1) is 11.7. The fourth-order valence-electron chi connectivity index (χ4n) is 1.07. The summed E-state index contributed by atoms with van der Waals surface area (Å²) in [5, 5.41) is 0. The summed E-state index contributed by atoms with van der Waals surface area (Å²) in [4.78, 5) is 1.23. The molecule has 0 aliphatic carbocycles. The molecule has 5 heteroatoms. The van der Waals surface area contributed by atoms with Crippen LogP contribution in [0.25, 0.3) is 0 Å². The summed E-state index contributed by atoms with van der Waals surface area (Å²) in [5.41, 5.74) is 1.17. The molecule has 0 saturated heterocycles. The predicted octanol–water partition coefficient (Wildman–Crippen LogP) is 1.68. The van der Waals surface area contributed by atoms with Crippen molar-refractivity contribution in [1.82, 2.24) is 4.72 Å². The molecule has 0 aromatic heterocycles. The molecule has 0 bridgehead atoms. The van der Waals surface area contributed by atoms with E-state index in [4.69, 9.17) is 4.55 Å². The normalized spacial score (nSPS) is 12.7. The fraction of sp³-hybridized carbons (Fsp3) is 0.333. The van der Waals surface area contributed by atoms with Crippen molar-refractivity contribution in [3.63, 3.8) is 0 Å². The Morgan fingerprint density at radius 2 is 2.07 bits per heavy atom. The van der Waals surface area contributed by atoms with Gasteiger partial charge in [0.15, 0.2) is 0 Å². The maximum atomic E-state index is 10.3. The van der Waals surface area contributed by atoms with Crippen molar-refractivity contribution in [3.8, 4) is 0 Å². The molecule has 0 amide bonds. The van der Waals surface area contributed by atoms with Crippen molar-refractivity contribution < 1.29 is 8.76 Å². The Morgan fingerprint density at radius 1 is 1.43 bits per heavy atom. The molecule has 3 nitrogen and oxygen atoms in total. The van der Waals surface area contributed by atoms with E-state index < -0.39 is 11.3 Å². The quantitative estimate of drug-likeness (QED) is 0.599. The molecule has 0 radical (unpaired) electrons. The minimum absolute atomic E-state index is 0.516. The van der Waals surface area contributed by atoms with Crippen molar-refractivity contribution in [2.45, 2.75) is 11.3 Å². The first-order valence-corrected chi connectivity index (χ1v) is 6.53. The molecule has 0 heterocycles. The second-order valence-electron chi connectivity index (χ2n) is 2.74. The van der Waals surface area contributed by atoms with Crippen LogP contribution in [0.5, 0.6) is 0 Å². The number of benzene rings is 1. The third-order valence-corrected chi connectivity index (χ3v) is 2.99. The molecule has 0 saturated carbocycles. The van der Waals surface area contributed by atoms with Gasteiger partial charge in [-0.05, 0) is 30.4 Å². The third kappa shape index (κ3) is 4.23. The third-order valence-electron chi connectivity index (χ3n) is 1.80. The van der Waals surface area contributed by atoms with Gasteiger partial charge in [-0.1, -0.05) is 12.1 Å². The van der Waals surface area contributed by atoms with E-state index in [0.717, 1.165) is 6.42 Å². The van der Waals surface area contributed by atoms with Gasteiger partial charge in [0.1, 0.15) is 0 Å². The van der Waals surface area contributed by atoms with Gasteiger partial charge in [-0.2, -0.15) is 0 Å². The van der Waals surface area contributed by atoms with E-state index in [1.165, 1.54) is 10.5 Å². The van der Waals surface area contributed by atoms with Gasteiger partial charge in [-0.15, -0.1) is 11.8 Å². The standard InChI is InChI=1S/C9H13NO2S2/c1-13-9-4-2-8(3-5-9)6-7-10-14(11)12/h2-5,10H,6-7H2,1H3,(H,11,12). The topological polar surface area (TPSA) is 49.3 Å². The van der Waals surface area contributed by atoms with Crippen LogP contribution >= 0.6 is 11.8 Å². The van der Waals surface area contributed by atoms with Gasteiger partial charge in [-0.25, -0.2) is 8.93 Å². The molecule has 1 atom stereocenters. The van der Waals surface area contributed by atoms with Crippen LogP contribution in [0.3, 0.4) is 0 Å². The Morgan fingerprint density at radius 3 is 2.57 bits per heavy atom. The number of hydrogen-bond donors (Lipinski definition) is 2. The van der Waals surface area contributed by atoms with Crippen LogP contribution < -0.4 is 4.72 Å². The average Bonchev–Trinajstić information content (AvgIpc) is 2.18. The number of rotatable bonds is 5. The van der Waals surface area contributed by atoms with Gasteiger partial charge in [0.25, 0.3) is 0 Å². The molecule has 1 aromatic rings. The predicted molar refractivity (Wildman–Crippen MR) is 60.7 cm³/mol. The van der Waals surface area contributed by atoms with E-state index in [-0.39, 0.29) is 0 Å². The molecule has 0 aliphatic heterocycles. The maximum Gasteiger partial charge on any atom is 0.231 e. The zero-order chi connectivity index (χ0) is 10.4. The molecule has 2 N–H and O–H groups in total. The number of hydrogen-bond acceptors (Lipinski definition) is 2. The van der Waals surface area contributed by atoms with Crippen molar-refractivity contribution in [3.05, 3.63) is 29.8 Å². The summed E-state index contributed by atoms with van der Waals surface area (Å²) in [6.45, 7) is 0.516. The second kappa shape index (κ2) is 6.19. The molecule has 78 valence electrons. The lowest BCUT2D eigenvalue weighted by Crippen LogP contribution is -2.18. The fourth-order valence-corrected chi connectivity index (χ4v) is 1.76. The van der Waals surface area contributed by atoms with Crippen molar-refractivity contribution in [2.24, 2.45) is 0 Å². The van der Waals surface area contributed by atoms with E-state index in [2.05, 4.69) is 16.9 Å². The lowest BCUT2D eigenvalue weighted by Gasteiger charge is -2.02. The molecule has 0 aliphatic rings. The molecular formula is C9H13NO2S2. The molecule has 0 fully saturated rings. The zero-order valence-electron chi connectivity index (χ0n) is 7.90. The summed E-state index contributed by atoms with van der Waals surface area (Å²) >= 11 is -0.197. The lowest BCUT2D eigenvalue weighted by molar-refractivity contribution is 0.549. The molecule has 14 heavy (non-hydrogen) atoms. The summed E-state index contributed by atoms with van der Waals surface area (Å²) in [5.74, 6) is 0. The van der Waals surface area contributed by atoms with Gasteiger partial charge >= 0.3 is 0 Å². The highest BCUT2D eigenvalue weighted by Gasteiger charge is 1.95. The van der Waals surface area contributed by atoms with Gasteiger partial charge in [0.05, 0.1) is 0 Å². The van der Waals surface area contributed by atoms with Crippen LogP contribution in [-0.2, 0) is 17.7 Å². The van der Waals surface area contributed by atoms with Crippen LogP contribution in [0.4, 0.5) is 0 Å². The Labute approximate surface area is 90.7 Å². The highest BCUT2D eigenvalue weighted by atomic mass is 32.2. The highest BCUT2D eigenvalue weighted by Crippen LogP contribution is 2.14. The Kier molecular flexibility index (Phi) is 5.17.